The molecule has 0 spiro atoms. The first-order valence-electron chi connectivity index (χ1n) is 9.83. The van der Waals surface area contributed by atoms with E-state index in [9.17, 15) is 9.18 Å². The van der Waals surface area contributed by atoms with E-state index >= 15 is 0 Å². The highest BCUT2D eigenvalue weighted by atomic mass is 35.5. The van der Waals surface area contributed by atoms with Crippen LogP contribution in [0.15, 0.2) is 65.6 Å². The van der Waals surface area contributed by atoms with Gasteiger partial charge in [-0.3, -0.25) is 9.69 Å². The van der Waals surface area contributed by atoms with Gasteiger partial charge in [-0.15, -0.1) is 0 Å². The summed E-state index contributed by atoms with van der Waals surface area (Å²) in [6.45, 7) is 0.170. The first-order valence-corrected chi connectivity index (χ1v) is 11.4. The number of hydrogen-bond donors (Lipinski definition) is 0. The number of thioether (sulfide) groups is 1. The maximum atomic E-state index is 13.9. The predicted molar refractivity (Wildman–Crippen MR) is 130 cm³/mol. The van der Waals surface area contributed by atoms with Crippen LogP contribution in [0, 0.1) is 5.82 Å². The number of nitrogens with zero attached hydrogens (tertiary/aromatic N) is 1. The number of ether oxygens (including phenoxy) is 3. The van der Waals surface area contributed by atoms with Crippen molar-refractivity contribution in [1.29, 1.82) is 0 Å². The highest BCUT2D eigenvalue weighted by Gasteiger charge is 2.34. The van der Waals surface area contributed by atoms with Gasteiger partial charge in [-0.25, -0.2) is 4.39 Å². The molecule has 2 heterocycles. The van der Waals surface area contributed by atoms with E-state index in [0.717, 1.165) is 5.56 Å². The zero-order chi connectivity index (χ0) is 22.9. The second-order valence-corrected chi connectivity index (χ2v) is 9.20. The van der Waals surface area contributed by atoms with Crippen LogP contribution in [0.5, 0.6) is 17.2 Å². The van der Waals surface area contributed by atoms with Gasteiger partial charge in [0.05, 0.1) is 15.6 Å². The molecular weight excluding hydrogens is 485 g/mol. The van der Waals surface area contributed by atoms with Crippen LogP contribution in [0.25, 0.3) is 6.08 Å². The smallest absolute Gasteiger partial charge is 0.270 e. The molecule has 1 fully saturated rings. The lowest BCUT2D eigenvalue weighted by Gasteiger charge is -2.14. The molecule has 0 unspecified atom stereocenters. The van der Waals surface area contributed by atoms with E-state index in [4.69, 9.17) is 38.0 Å². The molecule has 0 radical (unpaired) electrons. The molecule has 0 N–H and O–H groups in total. The molecule has 3 aromatic rings. The first kappa shape index (κ1) is 21.8. The lowest BCUT2D eigenvalue weighted by molar-refractivity contribution is -0.113. The molecule has 2 aliphatic heterocycles. The van der Waals surface area contributed by atoms with Crippen molar-refractivity contribution in [3.63, 3.8) is 0 Å². The number of amides is 1. The van der Waals surface area contributed by atoms with Crippen LogP contribution in [-0.2, 0) is 11.4 Å². The highest BCUT2D eigenvalue weighted by molar-refractivity contribution is 8.27. The summed E-state index contributed by atoms with van der Waals surface area (Å²) in [7, 11) is 0. The van der Waals surface area contributed by atoms with Gasteiger partial charge in [0.2, 0.25) is 6.79 Å². The van der Waals surface area contributed by atoms with E-state index in [1.54, 1.807) is 48.5 Å². The highest BCUT2D eigenvalue weighted by Crippen LogP contribution is 2.40. The van der Waals surface area contributed by atoms with Gasteiger partial charge in [0.15, 0.2) is 15.8 Å². The van der Waals surface area contributed by atoms with Crippen molar-refractivity contribution in [2.45, 2.75) is 6.61 Å². The number of anilines is 1. The average Bonchev–Trinajstić information content (AvgIpc) is 3.38. The van der Waals surface area contributed by atoms with E-state index in [-0.39, 0.29) is 19.3 Å². The lowest BCUT2D eigenvalue weighted by atomic mass is 10.2. The SMILES string of the molecule is O=C1/C(=C/c2ccc(OCc3c(F)cccc3Cl)cc2)SC(=S)N1c1ccc2c(c1)OCO2. The number of thiocarbonyl (C=S) groups is 1. The normalized spacial score (nSPS) is 16.1. The van der Waals surface area contributed by atoms with Crippen molar-refractivity contribution in [1.82, 2.24) is 0 Å². The zero-order valence-electron chi connectivity index (χ0n) is 16.9. The van der Waals surface area contributed by atoms with Crippen molar-refractivity contribution in [3.05, 3.63) is 87.5 Å². The summed E-state index contributed by atoms with van der Waals surface area (Å²) in [6.07, 6.45) is 1.77. The topological polar surface area (TPSA) is 48.0 Å². The van der Waals surface area contributed by atoms with Crippen LogP contribution >= 0.6 is 35.6 Å². The maximum absolute atomic E-state index is 13.9. The largest absolute Gasteiger partial charge is 0.489 e. The summed E-state index contributed by atoms with van der Waals surface area (Å²) in [5.41, 5.74) is 1.73. The first-order chi connectivity index (χ1) is 16.0. The van der Waals surface area contributed by atoms with Crippen molar-refractivity contribution in [2.24, 2.45) is 0 Å². The fraction of sp³-hybridized carbons (Fsp3) is 0.0833. The van der Waals surface area contributed by atoms with Gasteiger partial charge in [0.25, 0.3) is 5.91 Å². The number of fused-ring (bicyclic) bond motifs is 1. The minimum absolute atomic E-state index is 0.0129. The van der Waals surface area contributed by atoms with E-state index < -0.39 is 5.82 Å². The molecule has 5 rings (SSSR count). The molecule has 0 atom stereocenters. The summed E-state index contributed by atoms with van der Waals surface area (Å²) in [6, 6.07) is 16.9. The Balaban J connectivity index is 1.29. The molecule has 5 nitrogen and oxygen atoms in total. The summed E-state index contributed by atoms with van der Waals surface area (Å²) >= 11 is 12.7. The van der Waals surface area contributed by atoms with Gasteiger partial charge < -0.3 is 14.2 Å². The molecule has 3 aromatic carbocycles. The summed E-state index contributed by atoms with van der Waals surface area (Å²) in [4.78, 5) is 15.0. The van der Waals surface area contributed by atoms with Crippen molar-refractivity contribution in [3.8, 4) is 17.2 Å². The van der Waals surface area contributed by atoms with Gasteiger partial charge in [0.1, 0.15) is 18.2 Å². The van der Waals surface area contributed by atoms with Gasteiger partial charge in [0, 0.05) is 11.6 Å². The number of carbonyl (C=O) groups excluding carboxylic acids is 1. The second-order valence-electron chi connectivity index (χ2n) is 7.11. The van der Waals surface area contributed by atoms with Crippen LogP contribution in [0.1, 0.15) is 11.1 Å². The molecule has 0 aliphatic carbocycles. The Hall–Kier alpha value is -3.07. The van der Waals surface area contributed by atoms with Gasteiger partial charge in [-0.1, -0.05) is 53.8 Å². The molecule has 1 amide bonds. The number of hydrogen-bond acceptors (Lipinski definition) is 6. The van der Waals surface area contributed by atoms with Crippen molar-refractivity contribution < 1.29 is 23.4 Å². The van der Waals surface area contributed by atoms with Gasteiger partial charge >= 0.3 is 0 Å². The van der Waals surface area contributed by atoms with Crippen LogP contribution in [0.2, 0.25) is 5.02 Å². The standard InChI is InChI=1S/C24H15ClFNO4S2/c25-18-2-1-3-19(26)17(18)12-29-16-7-4-14(5-8-16)10-22-23(28)27(24(32)33-22)15-6-9-20-21(11-15)31-13-30-20/h1-11H,12-13H2/b22-10-. The number of rotatable bonds is 5. The molecule has 9 heteroatoms. The second kappa shape index (κ2) is 9.05. The number of benzene rings is 3. The summed E-state index contributed by atoms with van der Waals surface area (Å²) < 4.78 is 30.7. The fourth-order valence-corrected chi connectivity index (χ4v) is 4.87. The Bertz CT molecular complexity index is 1280. The third-order valence-corrected chi connectivity index (χ3v) is 6.69. The Labute approximate surface area is 203 Å². The Morgan fingerprint density at radius 2 is 1.91 bits per heavy atom. The average molecular weight is 500 g/mol. The number of halogens is 2. The van der Waals surface area contributed by atoms with Gasteiger partial charge in [-0.2, -0.15) is 0 Å². The molecule has 0 saturated carbocycles. The van der Waals surface area contributed by atoms with E-state index in [2.05, 4.69) is 0 Å². The molecule has 0 aromatic heterocycles. The lowest BCUT2D eigenvalue weighted by Crippen LogP contribution is -2.27. The fourth-order valence-electron chi connectivity index (χ4n) is 3.35. The van der Waals surface area contributed by atoms with Crippen LogP contribution in [0.3, 0.4) is 0 Å². The van der Waals surface area contributed by atoms with Gasteiger partial charge in [-0.05, 0) is 48.0 Å². The Morgan fingerprint density at radius 3 is 2.70 bits per heavy atom. The van der Waals surface area contributed by atoms with E-state index in [1.165, 1.54) is 22.7 Å². The quantitative estimate of drug-likeness (QED) is 0.308. The zero-order valence-corrected chi connectivity index (χ0v) is 19.3. The maximum Gasteiger partial charge on any atom is 0.270 e. The minimum Gasteiger partial charge on any atom is -0.489 e. The third kappa shape index (κ3) is 4.42. The Morgan fingerprint density at radius 1 is 1.12 bits per heavy atom. The molecule has 33 heavy (non-hydrogen) atoms. The minimum atomic E-state index is -0.413. The molecule has 2 aliphatic rings. The summed E-state index contributed by atoms with van der Waals surface area (Å²) in [5, 5.41) is 0.316. The van der Waals surface area contributed by atoms with E-state index in [1.807, 2.05) is 12.1 Å². The summed E-state index contributed by atoms with van der Waals surface area (Å²) in [5.74, 6) is 1.15. The molecule has 0 bridgehead atoms. The number of carbonyl (C=O) groups is 1. The van der Waals surface area contributed by atoms with Crippen molar-refractivity contribution >= 4 is 57.6 Å². The van der Waals surface area contributed by atoms with Crippen LogP contribution < -0.4 is 19.1 Å². The Kier molecular flexibility index (Phi) is 5.97. The van der Waals surface area contributed by atoms with Crippen LogP contribution in [-0.4, -0.2) is 17.0 Å². The molecular formula is C24H15ClFNO4S2. The molecule has 166 valence electrons. The molecule has 1 saturated heterocycles. The van der Waals surface area contributed by atoms with E-state index in [0.29, 0.717) is 42.7 Å². The van der Waals surface area contributed by atoms with Crippen LogP contribution in [0.4, 0.5) is 10.1 Å². The predicted octanol–water partition coefficient (Wildman–Crippen LogP) is 6.19. The third-order valence-electron chi connectivity index (χ3n) is 5.03. The van der Waals surface area contributed by atoms with Crippen molar-refractivity contribution in [2.75, 3.05) is 11.7 Å². The monoisotopic (exact) mass is 499 g/mol.